The zero-order valence-electron chi connectivity index (χ0n) is 24.6. The van der Waals surface area contributed by atoms with E-state index in [1.165, 1.54) is 22.8 Å². The van der Waals surface area contributed by atoms with Crippen molar-refractivity contribution in [2.75, 3.05) is 24.6 Å². The van der Waals surface area contributed by atoms with E-state index in [9.17, 15) is 14.7 Å². The molecule has 2 atom stereocenters. The lowest BCUT2D eigenvalue weighted by atomic mass is 10.0. The Balaban J connectivity index is 1.70. The normalized spacial score (nSPS) is 17.8. The van der Waals surface area contributed by atoms with Crippen LogP contribution in [0.3, 0.4) is 0 Å². The number of aromatic nitrogens is 3. The lowest BCUT2D eigenvalue weighted by molar-refractivity contribution is -0.129. The van der Waals surface area contributed by atoms with Crippen LogP contribution in [0.15, 0.2) is 47.9 Å². The minimum Gasteiger partial charge on any atom is -0.508 e. The number of aromatic hydroxyl groups is 1. The number of phenols is 1. The van der Waals surface area contributed by atoms with E-state index >= 15 is 0 Å². The number of fused-ring (bicyclic) bond motifs is 5. The molecule has 9 nitrogen and oxygen atoms in total. The van der Waals surface area contributed by atoms with Crippen LogP contribution in [0.2, 0.25) is 15.1 Å². The van der Waals surface area contributed by atoms with Gasteiger partial charge in [0.25, 0.3) is 0 Å². The first-order chi connectivity index (χ1) is 20.9. The number of hydrogen-bond donors (Lipinski definition) is 1. The number of pyridine rings is 3. The summed E-state index contributed by atoms with van der Waals surface area (Å²) < 4.78 is 7.77. The second kappa shape index (κ2) is 11.3. The Labute approximate surface area is 269 Å². The largest absolute Gasteiger partial charge is 0.508 e. The SMILES string of the molecule is C=CC(=O)N1CC2COc3c(c4cc(Cl)c(-c5cc(O)cc(Cl)c5Cl)nc4n(-c4c(C)ccnc4C(C)C)c3=O)N2CC1C. The van der Waals surface area contributed by atoms with Crippen molar-refractivity contribution in [3.8, 4) is 28.4 Å². The predicted molar refractivity (Wildman–Crippen MR) is 174 cm³/mol. The topological polar surface area (TPSA) is 101 Å². The molecule has 5 heterocycles. The molecule has 4 aromatic rings. The van der Waals surface area contributed by atoms with Crippen molar-refractivity contribution in [2.45, 2.75) is 45.7 Å². The molecule has 2 unspecified atom stereocenters. The molecule has 1 saturated heterocycles. The number of phenolic OH excluding ortho intramolecular Hbond substituents is 1. The smallest absolute Gasteiger partial charge is 0.301 e. The van der Waals surface area contributed by atoms with Crippen molar-refractivity contribution in [3.05, 3.63) is 79.8 Å². The van der Waals surface area contributed by atoms with Crippen LogP contribution in [-0.2, 0) is 4.79 Å². The molecule has 3 aromatic heterocycles. The van der Waals surface area contributed by atoms with E-state index in [0.29, 0.717) is 46.8 Å². The molecule has 2 aliphatic rings. The van der Waals surface area contributed by atoms with E-state index in [-0.39, 0.29) is 62.8 Å². The van der Waals surface area contributed by atoms with Crippen LogP contribution in [-0.4, -0.2) is 62.2 Å². The molecule has 2 aliphatic heterocycles. The summed E-state index contributed by atoms with van der Waals surface area (Å²) in [7, 11) is 0. The van der Waals surface area contributed by atoms with E-state index in [1.54, 1.807) is 17.2 Å². The molecule has 6 rings (SSSR count). The summed E-state index contributed by atoms with van der Waals surface area (Å²) in [4.78, 5) is 40.7. The van der Waals surface area contributed by atoms with Crippen LogP contribution < -0.4 is 15.2 Å². The van der Waals surface area contributed by atoms with Crippen molar-refractivity contribution >= 4 is 57.4 Å². The monoisotopic (exact) mass is 653 g/mol. The minimum absolute atomic E-state index is 0.0180. The zero-order chi connectivity index (χ0) is 31.6. The molecule has 1 aromatic carbocycles. The molecule has 228 valence electrons. The number of benzene rings is 1. The molecular formula is C32H30Cl3N5O4. The van der Waals surface area contributed by atoms with Crippen LogP contribution in [0.25, 0.3) is 28.0 Å². The number of anilines is 1. The van der Waals surface area contributed by atoms with Crippen LogP contribution in [0.1, 0.15) is 37.9 Å². The van der Waals surface area contributed by atoms with Crippen molar-refractivity contribution in [3.63, 3.8) is 0 Å². The van der Waals surface area contributed by atoms with Crippen LogP contribution >= 0.6 is 34.8 Å². The average molecular weight is 655 g/mol. The highest BCUT2D eigenvalue weighted by Gasteiger charge is 2.41. The van der Waals surface area contributed by atoms with Gasteiger partial charge in [-0.3, -0.25) is 19.1 Å². The molecule has 0 radical (unpaired) electrons. The molecular weight excluding hydrogens is 625 g/mol. The van der Waals surface area contributed by atoms with Gasteiger partial charge in [-0.05, 0) is 49.6 Å². The Hall–Kier alpha value is -3.79. The number of aryl methyl sites for hydroxylation is 1. The van der Waals surface area contributed by atoms with E-state index in [4.69, 9.17) is 44.5 Å². The molecule has 0 spiro atoms. The van der Waals surface area contributed by atoms with E-state index in [2.05, 4.69) is 16.5 Å². The van der Waals surface area contributed by atoms with Gasteiger partial charge in [-0.2, -0.15) is 0 Å². The summed E-state index contributed by atoms with van der Waals surface area (Å²) in [6.07, 6.45) is 3.03. The maximum Gasteiger partial charge on any atom is 0.301 e. The highest BCUT2D eigenvalue weighted by Crippen LogP contribution is 2.45. The predicted octanol–water partition coefficient (Wildman–Crippen LogP) is 6.53. The Morgan fingerprint density at radius 2 is 1.91 bits per heavy atom. The summed E-state index contributed by atoms with van der Waals surface area (Å²) in [5.41, 5.74) is 3.15. The second-order valence-electron chi connectivity index (χ2n) is 11.5. The third-order valence-electron chi connectivity index (χ3n) is 8.23. The van der Waals surface area contributed by atoms with Gasteiger partial charge in [0, 0.05) is 42.3 Å². The first-order valence-corrected chi connectivity index (χ1v) is 15.3. The van der Waals surface area contributed by atoms with Crippen molar-refractivity contribution < 1.29 is 14.6 Å². The zero-order valence-corrected chi connectivity index (χ0v) is 26.8. The Morgan fingerprint density at radius 3 is 2.61 bits per heavy atom. The molecule has 44 heavy (non-hydrogen) atoms. The highest BCUT2D eigenvalue weighted by atomic mass is 35.5. The standard InChI is InChI=1S/C32H30Cl3N5O4/c1-6-24(42)38-13-18-14-44-30-29(39(18)12-17(38)5)21-11-23(34)27(20-9-19(41)10-22(33)25(20)35)37-31(21)40(32(30)43)28-16(4)7-8-36-26(28)15(2)3/h6-11,15,17-18,41H,1,12-14H2,2-5H3. The average Bonchev–Trinajstić information content (AvgIpc) is 2.98. The number of halogens is 3. The van der Waals surface area contributed by atoms with Gasteiger partial charge in [0.1, 0.15) is 12.4 Å². The molecule has 0 saturated carbocycles. The Bertz CT molecular complexity index is 1930. The van der Waals surface area contributed by atoms with Crippen LogP contribution in [0, 0.1) is 6.92 Å². The minimum atomic E-state index is -0.401. The fourth-order valence-electron chi connectivity index (χ4n) is 6.15. The third kappa shape index (κ3) is 4.78. The van der Waals surface area contributed by atoms with Gasteiger partial charge in [0.15, 0.2) is 5.65 Å². The molecule has 1 fully saturated rings. The molecule has 1 N–H and O–H groups in total. The summed E-state index contributed by atoms with van der Waals surface area (Å²) in [6, 6.07) is 5.96. The molecule has 1 amide bonds. The maximum absolute atomic E-state index is 14.6. The summed E-state index contributed by atoms with van der Waals surface area (Å²) in [5, 5.41) is 11.4. The van der Waals surface area contributed by atoms with Gasteiger partial charge >= 0.3 is 5.56 Å². The van der Waals surface area contributed by atoms with Gasteiger partial charge in [-0.1, -0.05) is 55.2 Å². The quantitative estimate of drug-likeness (QED) is 0.250. The van der Waals surface area contributed by atoms with Crippen LogP contribution in [0.4, 0.5) is 5.69 Å². The number of hydrogen-bond acceptors (Lipinski definition) is 7. The van der Waals surface area contributed by atoms with E-state index in [0.717, 1.165) is 5.56 Å². The first-order valence-electron chi connectivity index (χ1n) is 14.2. The third-order valence-corrected chi connectivity index (χ3v) is 9.32. The van der Waals surface area contributed by atoms with Crippen LogP contribution in [0.5, 0.6) is 11.5 Å². The van der Waals surface area contributed by atoms with Gasteiger partial charge in [0.2, 0.25) is 11.7 Å². The van der Waals surface area contributed by atoms with E-state index in [1.807, 2.05) is 33.8 Å². The Kier molecular flexibility index (Phi) is 7.76. The maximum atomic E-state index is 14.6. The summed E-state index contributed by atoms with van der Waals surface area (Å²) in [5.74, 6) is -0.118. The number of rotatable bonds is 4. The lowest BCUT2D eigenvalue weighted by Gasteiger charge is -2.48. The van der Waals surface area contributed by atoms with Crippen molar-refractivity contribution in [2.24, 2.45) is 0 Å². The fraction of sp³-hybridized carbons (Fsp3) is 0.312. The first kappa shape index (κ1) is 30.2. The summed E-state index contributed by atoms with van der Waals surface area (Å²) in [6.45, 7) is 12.6. The summed E-state index contributed by atoms with van der Waals surface area (Å²) >= 11 is 19.8. The highest BCUT2D eigenvalue weighted by molar-refractivity contribution is 6.44. The number of carbonyl (C=O) groups is 1. The number of amides is 1. The molecule has 12 heteroatoms. The molecule has 0 aliphatic carbocycles. The lowest BCUT2D eigenvalue weighted by Crippen LogP contribution is -2.62. The number of ether oxygens (including phenoxy) is 1. The number of carbonyl (C=O) groups excluding carboxylic acids is 1. The number of piperazine rings is 1. The van der Waals surface area contributed by atoms with Crippen molar-refractivity contribution in [1.82, 2.24) is 19.4 Å². The van der Waals surface area contributed by atoms with Crippen molar-refractivity contribution in [1.29, 1.82) is 0 Å². The Morgan fingerprint density at radius 1 is 1.16 bits per heavy atom. The van der Waals surface area contributed by atoms with Gasteiger partial charge < -0.3 is 19.6 Å². The fourth-order valence-corrected chi connectivity index (χ4v) is 6.81. The number of nitrogens with zero attached hydrogens (tertiary/aromatic N) is 5. The van der Waals surface area contributed by atoms with Gasteiger partial charge in [-0.15, -0.1) is 0 Å². The van der Waals surface area contributed by atoms with Gasteiger partial charge in [-0.25, -0.2) is 4.98 Å². The van der Waals surface area contributed by atoms with E-state index < -0.39 is 5.56 Å². The second-order valence-corrected chi connectivity index (χ2v) is 12.7. The molecule has 0 bridgehead atoms. The van der Waals surface area contributed by atoms with Gasteiger partial charge in [0.05, 0.1) is 43.9 Å².